The molecule has 0 radical (unpaired) electrons. The predicted molar refractivity (Wildman–Crippen MR) is 61.4 cm³/mol. The summed E-state index contributed by atoms with van der Waals surface area (Å²) < 4.78 is 12.7. The Kier molecular flexibility index (Phi) is 5.17. The summed E-state index contributed by atoms with van der Waals surface area (Å²) in [5, 5.41) is 10.2. The van der Waals surface area contributed by atoms with Crippen LogP contribution in [0.5, 0.6) is 0 Å². The molecule has 2 rings (SSSR count). The fraction of sp³-hybridized carbons (Fsp3) is 0. The Bertz CT molecular complexity index is 516. The predicted octanol–water partition coefficient (Wildman–Crippen LogP) is 2.86. The molecule has 0 heterocycles. The molecule has 0 saturated carbocycles. The average Bonchev–Trinajstić information content (AvgIpc) is 2.39. The fourth-order valence-electron chi connectivity index (χ4n) is 1.40. The van der Waals surface area contributed by atoms with Crippen LogP contribution in [0.25, 0.3) is 0 Å². The molecule has 18 heavy (non-hydrogen) atoms. The number of hydroxylamine groups is 1. The van der Waals surface area contributed by atoms with E-state index in [9.17, 15) is 14.4 Å². The quantitative estimate of drug-likeness (QED) is 0.520. The van der Waals surface area contributed by atoms with Gasteiger partial charge in [-0.15, -0.1) is 0 Å². The van der Waals surface area contributed by atoms with E-state index in [1.54, 1.807) is 30.3 Å². The molecule has 1 N–H and O–H groups in total. The molecule has 0 aliphatic heterocycles. The molecule has 5 heteroatoms. The summed E-state index contributed by atoms with van der Waals surface area (Å²) in [6.07, 6.45) is 0. The van der Waals surface area contributed by atoms with E-state index in [1.165, 1.54) is 24.3 Å². The Morgan fingerprint density at radius 2 is 1.56 bits per heavy atom. The van der Waals surface area contributed by atoms with Crippen LogP contribution < -0.4 is 5.06 Å². The molecule has 3 nitrogen and oxygen atoms in total. The van der Waals surface area contributed by atoms with Gasteiger partial charge in [-0.1, -0.05) is 18.2 Å². The molecule has 0 spiro atoms. The smallest absolute Gasteiger partial charge is 0.281 e. The van der Waals surface area contributed by atoms with Crippen LogP contribution in [0, 0.1) is 5.82 Å². The van der Waals surface area contributed by atoms with Crippen LogP contribution in [0.2, 0.25) is 0 Å². The van der Waals surface area contributed by atoms with Gasteiger partial charge in [0.2, 0.25) is 0 Å². The van der Waals surface area contributed by atoms with Crippen LogP contribution in [0.4, 0.5) is 10.1 Å². The topological polar surface area (TPSA) is 40.5 Å². The van der Waals surface area contributed by atoms with Crippen molar-refractivity contribution >= 4 is 11.6 Å². The number of amides is 1. The second-order valence-corrected chi connectivity index (χ2v) is 3.46. The van der Waals surface area contributed by atoms with Crippen molar-refractivity contribution in [2.75, 3.05) is 5.06 Å². The molecule has 0 saturated heterocycles. The molecule has 2 aromatic carbocycles. The summed E-state index contributed by atoms with van der Waals surface area (Å²) in [5.41, 5.74) is 0.583. The average molecular weight is 338 g/mol. The van der Waals surface area contributed by atoms with Crippen molar-refractivity contribution < 1.29 is 34.8 Å². The molecule has 0 fully saturated rings. The molecule has 0 aliphatic rings. The van der Waals surface area contributed by atoms with Gasteiger partial charge in [0.25, 0.3) is 5.91 Å². The Labute approximate surface area is 117 Å². The first-order valence-corrected chi connectivity index (χ1v) is 5.02. The van der Waals surface area contributed by atoms with Crippen molar-refractivity contribution in [1.29, 1.82) is 0 Å². The Hall–Kier alpha value is -1.54. The Balaban J connectivity index is 0.00000162. The number of benzene rings is 2. The van der Waals surface area contributed by atoms with Crippen molar-refractivity contribution in [2.45, 2.75) is 0 Å². The van der Waals surface area contributed by atoms with E-state index in [2.05, 4.69) is 0 Å². The summed E-state index contributed by atoms with van der Waals surface area (Å²) in [7, 11) is 0. The summed E-state index contributed by atoms with van der Waals surface area (Å²) >= 11 is 0. The maximum absolute atomic E-state index is 12.7. The van der Waals surface area contributed by atoms with Crippen molar-refractivity contribution in [3.8, 4) is 0 Å². The first-order valence-electron chi connectivity index (χ1n) is 5.02. The monoisotopic (exact) mass is 337 g/mol. The molecule has 2 aromatic rings. The minimum Gasteiger partial charge on any atom is -0.281 e. The zero-order chi connectivity index (χ0) is 12.3. The van der Waals surface area contributed by atoms with Gasteiger partial charge in [-0.05, 0) is 36.4 Å². The first-order chi connectivity index (χ1) is 8.18. The molecular formula is C13H10FNO2Pd. The number of carbonyl (C=O) groups is 1. The standard InChI is InChI=1S/C13H10FNO2.Pd/c14-11-6-8-12(9-7-11)15(17)13(16)10-4-2-1-3-5-10;/h1-9,17H;. The van der Waals surface area contributed by atoms with Gasteiger partial charge in [0.1, 0.15) is 5.82 Å². The summed E-state index contributed by atoms with van der Waals surface area (Å²) in [6, 6.07) is 13.4. The fourth-order valence-corrected chi connectivity index (χ4v) is 1.40. The van der Waals surface area contributed by atoms with Crippen molar-refractivity contribution in [3.05, 3.63) is 66.0 Å². The third-order valence-corrected chi connectivity index (χ3v) is 2.28. The summed E-state index contributed by atoms with van der Waals surface area (Å²) in [4.78, 5) is 11.8. The molecule has 0 bridgehead atoms. The number of hydrogen-bond donors (Lipinski definition) is 1. The zero-order valence-electron chi connectivity index (χ0n) is 9.19. The third-order valence-electron chi connectivity index (χ3n) is 2.28. The second kappa shape index (κ2) is 6.41. The first kappa shape index (κ1) is 14.5. The molecule has 0 unspecified atom stereocenters. The molecule has 0 atom stereocenters. The Morgan fingerprint density at radius 1 is 1.00 bits per heavy atom. The van der Waals surface area contributed by atoms with Gasteiger partial charge in [0, 0.05) is 26.0 Å². The van der Waals surface area contributed by atoms with E-state index < -0.39 is 11.7 Å². The van der Waals surface area contributed by atoms with Gasteiger partial charge >= 0.3 is 0 Å². The minimum absolute atomic E-state index is 0. The minimum atomic E-state index is -0.558. The van der Waals surface area contributed by atoms with Gasteiger partial charge in [-0.3, -0.25) is 10.0 Å². The van der Waals surface area contributed by atoms with E-state index >= 15 is 0 Å². The number of halogens is 1. The number of nitrogens with zero attached hydrogens (tertiary/aromatic N) is 1. The normalized spacial score (nSPS) is 9.44. The van der Waals surface area contributed by atoms with Crippen LogP contribution in [0.3, 0.4) is 0 Å². The van der Waals surface area contributed by atoms with Crippen LogP contribution in [-0.4, -0.2) is 11.1 Å². The van der Waals surface area contributed by atoms with Gasteiger partial charge in [-0.2, -0.15) is 5.06 Å². The summed E-state index contributed by atoms with van der Waals surface area (Å²) in [5.74, 6) is -0.980. The van der Waals surface area contributed by atoms with Crippen LogP contribution in [0.1, 0.15) is 10.4 Å². The molecule has 96 valence electrons. The Morgan fingerprint density at radius 3 is 2.11 bits per heavy atom. The van der Waals surface area contributed by atoms with E-state index in [4.69, 9.17) is 0 Å². The molecule has 0 aliphatic carbocycles. The van der Waals surface area contributed by atoms with Gasteiger partial charge in [-0.25, -0.2) is 4.39 Å². The maximum Gasteiger partial charge on any atom is 0.281 e. The maximum atomic E-state index is 12.7. The number of rotatable bonds is 2. The van der Waals surface area contributed by atoms with Gasteiger partial charge in [0.15, 0.2) is 0 Å². The van der Waals surface area contributed by atoms with Crippen LogP contribution >= 0.6 is 0 Å². The van der Waals surface area contributed by atoms with Gasteiger partial charge < -0.3 is 0 Å². The number of anilines is 1. The second-order valence-electron chi connectivity index (χ2n) is 3.46. The number of carbonyl (C=O) groups excluding carboxylic acids is 1. The van der Waals surface area contributed by atoms with E-state index in [0.29, 0.717) is 10.6 Å². The molecule has 1 amide bonds. The van der Waals surface area contributed by atoms with Crippen LogP contribution in [0.15, 0.2) is 54.6 Å². The van der Waals surface area contributed by atoms with Crippen molar-refractivity contribution in [3.63, 3.8) is 0 Å². The summed E-state index contributed by atoms with van der Waals surface area (Å²) in [6.45, 7) is 0. The zero-order valence-corrected chi connectivity index (χ0v) is 10.7. The van der Waals surface area contributed by atoms with E-state index in [1.807, 2.05) is 0 Å². The van der Waals surface area contributed by atoms with Crippen molar-refractivity contribution in [1.82, 2.24) is 0 Å². The third kappa shape index (κ3) is 3.24. The van der Waals surface area contributed by atoms with Gasteiger partial charge in [0.05, 0.1) is 5.69 Å². The molecule has 0 aromatic heterocycles. The van der Waals surface area contributed by atoms with Crippen molar-refractivity contribution in [2.24, 2.45) is 0 Å². The SMILES string of the molecule is O=C(c1ccccc1)N(O)c1ccc(F)cc1.[Pd]. The van der Waals surface area contributed by atoms with E-state index in [-0.39, 0.29) is 26.1 Å². The largest absolute Gasteiger partial charge is 0.281 e. The van der Waals surface area contributed by atoms with Crippen LogP contribution in [-0.2, 0) is 20.4 Å². The van der Waals surface area contributed by atoms with E-state index in [0.717, 1.165) is 0 Å². The number of hydrogen-bond acceptors (Lipinski definition) is 2. The molecular weight excluding hydrogens is 328 g/mol.